The van der Waals surface area contributed by atoms with Gasteiger partial charge in [-0.05, 0) is 18.4 Å². The molecule has 1 aliphatic heterocycles. The third-order valence-corrected chi connectivity index (χ3v) is 5.49. The molecule has 1 unspecified atom stereocenters. The molecule has 1 aliphatic rings. The summed E-state index contributed by atoms with van der Waals surface area (Å²) in [5, 5.41) is 1.71. The van der Waals surface area contributed by atoms with Gasteiger partial charge in [0.1, 0.15) is 0 Å². The van der Waals surface area contributed by atoms with E-state index in [0.717, 1.165) is 10.8 Å². The molecule has 0 radical (unpaired) electrons. The predicted molar refractivity (Wildman–Crippen MR) is 78.1 cm³/mol. The zero-order valence-corrected chi connectivity index (χ0v) is 12.1. The van der Waals surface area contributed by atoms with Crippen molar-refractivity contribution in [2.45, 2.75) is 17.9 Å². The molecule has 1 atom stereocenters. The zero-order chi connectivity index (χ0) is 14.2. The second kappa shape index (κ2) is 5.16. The Bertz CT molecular complexity index is 721. The van der Waals surface area contributed by atoms with Crippen LogP contribution in [0.4, 0.5) is 0 Å². The van der Waals surface area contributed by atoms with Crippen molar-refractivity contribution in [2.24, 2.45) is 0 Å². The van der Waals surface area contributed by atoms with Gasteiger partial charge in [-0.3, -0.25) is 0 Å². The van der Waals surface area contributed by atoms with Crippen LogP contribution in [0.3, 0.4) is 0 Å². The Kier molecular flexibility index (Phi) is 3.50. The van der Waals surface area contributed by atoms with E-state index in [1.165, 1.54) is 4.31 Å². The van der Waals surface area contributed by atoms with Crippen LogP contribution in [-0.2, 0) is 14.8 Å². The number of nitrogens with zero attached hydrogens (tertiary/aromatic N) is 1. The van der Waals surface area contributed by atoms with Gasteiger partial charge in [0.25, 0.3) is 0 Å². The first kappa shape index (κ1) is 13.5. The molecule has 1 fully saturated rings. The Morgan fingerprint density at radius 1 is 1.15 bits per heavy atom. The standard InChI is InChI=1S/C15H17NO3S/c1-12-11-16(9-10-19-12)20(17,18)15-8-4-6-13-5-2-3-7-14(13)15/h2-8,12H,9-11H2,1H3. The molecule has 2 aromatic carbocycles. The van der Waals surface area contributed by atoms with E-state index in [4.69, 9.17) is 4.74 Å². The predicted octanol–water partition coefficient (Wildman–Crippen LogP) is 2.25. The highest BCUT2D eigenvalue weighted by Gasteiger charge is 2.30. The van der Waals surface area contributed by atoms with Crippen molar-refractivity contribution in [3.05, 3.63) is 42.5 Å². The molecule has 5 heteroatoms. The van der Waals surface area contributed by atoms with Gasteiger partial charge in [0.05, 0.1) is 17.6 Å². The van der Waals surface area contributed by atoms with Crippen LogP contribution in [0.5, 0.6) is 0 Å². The maximum absolute atomic E-state index is 12.8. The normalized spacial score (nSPS) is 21.1. The van der Waals surface area contributed by atoms with Crippen molar-refractivity contribution < 1.29 is 13.2 Å². The number of sulfonamides is 1. The first-order chi connectivity index (χ1) is 9.59. The van der Waals surface area contributed by atoms with E-state index in [1.54, 1.807) is 12.1 Å². The third-order valence-electron chi connectivity index (χ3n) is 3.57. The number of hydrogen-bond acceptors (Lipinski definition) is 3. The minimum absolute atomic E-state index is 0.0616. The monoisotopic (exact) mass is 291 g/mol. The van der Waals surface area contributed by atoms with E-state index in [-0.39, 0.29) is 6.10 Å². The average molecular weight is 291 g/mol. The smallest absolute Gasteiger partial charge is 0.243 e. The van der Waals surface area contributed by atoms with Gasteiger partial charge in [0, 0.05) is 18.5 Å². The molecule has 0 saturated carbocycles. The summed E-state index contributed by atoms with van der Waals surface area (Å²) < 4.78 is 32.6. The molecule has 0 amide bonds. The fourth-order valence-electron chi connectivity index (χ4n) is 2.56. The number of hydrogen-bond donors (Lipinski definition) is 0. The van der Waals surface area contributed by atoms with Crippen LogP contribution in [0.25, 0.3) is 10.8 Å². The minimum atomic E-state index is -3.47. The van der Waals surface area contributed by atoms with E-state index < -0.39 is 10.0 Å². The first-order valence-electron chi connectivity index (χ1n) is 6.68. The van der Waals surface area contributed by atoms with Gasteiger partial charge in [0.2, 0.25) is 10.0 Å². The Hall–Kier alpha value is -1.43. The summed E-state index contributed by atoms with van der Waals surface area (Å²) in [7, 11) is -3.47. The van der Waals surface area contributed by atoms with Crippen LogP contribution in [0, 0.1) is 0 Å². The van der Waals surface area contributed by atoms with Crippen LogP contribution in [0.15, 0.2) is 47.4 Å². The number of ether oxygens (including phenoxy) is 1. The molecule has 0 bridgehead atoms. The van der Waals surface area contributed by atoms with Crippen molar-refractivity contribution >= 4 is 20.8 Å². The fourth-order valence-corrected chi connectivity index (χ4v) is 4.28. The third kappa shape index (κ3) is 2.32. The fraction of sp³-hybridized carbons (Fsp3) is 0.333. The molecule has 1 heterocycles. The maximum Gasteiger partial charge on any atom is 0.243 e. The van der Waals surface area contributed by atoms with Crippen LogP contribution < -0.4 is 0 Å². The van der Waals surface area contributed by atoms with Gasteiger partial charge < -0.3 is 4.74 Å². The van der Waals surface area contributed by atoms with Gasteiger partial charge in [-0.15, -0.1) is 0 Å². The lowest BCUT2D eigenvalue weighted by molar-refractivity contribution is 0.0102. The lowest BCUT2D eigenvalue weighted by Gasteiger charge is -2.30. The highest BCUT2D eigenvalue weighted by Crippen LogP contribution is 2.26. The Morgan fingerprint density at radius 2 is 1.90 bits per heavy atom. The molecule has 4 nitrogen and oxygen atoms in total. The van der Waals surface area contributed by atoms with Crippen molar-refractivity contribution in [2.75, 3.05) is 19.7 Å². The maximum atomic E-state index is 12.8. The second-order valence-corrected chi connectivity index (χ2v) is 6.93. The molecular formula is C15H17NO3S. The van der Waals surface area contributed by atoms with E-state index >= 15 is 0 Å². The molecule has 0 N–H and O–H groups in total. The molecule has 20 heavy (non-hydrogen) atoms. The quantitative estimate of drug-likeness (QED) is 0.852. The van der Waals surface area contributed by atoms with Crippen LogP contribution in [-0.4, -0.2) is 38.5 Å². The molecule has 106 valence electrons. The Balaban J connectivity index is 2.09. The topological polar surface area (TPSA) is 46.6 Å². The van der Waals surface area contributed by atoms with Crippen molar-refractivity contribution in [1.82, 2.24) is 4.31 Å². The molecule has 0 aromatic heterocycles. The van der Waals surface area contributed by atoms with E-state index in [9.17, 15) is 8.42 Å². The Labute approximate surface area is 119 Å². The summed E-state index contributed by atoms with van der Waals surface area (Å²) in [4.78, 5) is 0.379. The van der Waals surface area contributed by atoms with Crippen molar-refractivity contribution in [3.63, 3.8) is 0 Å². The number of morpholine rings is 1. The highest BCUT2D eigenvalue weighted by atomic mass is 32.2. The SMILES string of the molecule is CC1CN(S(=O)(=O)c2cccc3ccccc23)CCO1. The summed E-state index contributed by atoms with van der Waals surface area (Å²) in [6.45, 7) is 3.16. The van der Waals surface area contributed by atoms with Gasteiger partial charge >= 0.3 is 0 Å². The van der Waals surface area contributed by atoms with Crippen LogP contribution in [0.1, 0.15) is 6.92 Å². The van der Waals surface area contributed by atoms with Crippen LogP contribution in [0.2, 0.25) is 0 Å². The largest absolute Gasteiger partial charge is 0.376 e. The number of fused-ring (bicyclic) bond motifs is 1. The van der Waals surface area contributed by atoms with Crippen LogP contribution >= 0.6 is 0 Å². The summed E-state index contributed by atoms with van der Waals surface area (Å²) in [5.41, 5.74) is 0. The van der Waals surface area contributed by atoms with E-state index in [2.05, 4.69) is 0 Å². The molecule has 3 rings (SSSR count). The average Bonchev–Trinajstić information content (AvgIpc) is 2.46. The van der Waals surface area contributed by atoms with E-state index in [1.807, 2.05) is 37.3 Å². The molecule has 2 aromatic rings. The Morgan fingerprint density at radius 3 is 2.70 bits per heavy atom. The second-order valence-electron chi connectivity index (χ2n) is 5.02. The zero-order valence-electron chi connectivity index (χ0n) is 11.3. The minimum Gasteiger partial charge on any atom is -0.376 e. The van der Waals surface area contributed by atoms with Gasteiger partial charge in [-0.25, -0.2) is 8.42 Å². The highest BCUT2D eigenvalue weighted by molar-refractivity contribution is 7.89. The van der Waals surface area contributed by atoms with Gasteiger partial charge in [0.15, 0.2) is 0 Å². The van der Waals surface area contributed by atoms with Gasteiger partial charge in [-0.2, -0.15) is 4.31 Å². The number of benzene rings is 2. The molecule has 0 spiro atoms. The summed E-state index contributed by atoms with van der Waals surface area (Å²) in [5.74, 6) is 0. The van der Waals surface area contributed by atoms with E-state index in [0.29, 0.717) is 24.6 Å². The van der Waals surface area contributed by atoms with Gasteiger partial charge in [-0.1, -0.05) is 36.4 Å². The summed E-state index contributed by atoms with van der Waals surface area (Å²) >= 11 is 0. The van der Waals surface area contributed by atoms with Crippen molar-refractivity contribution in [3.8, 4) is 0 Å². The lowest BCUT2D eigenvalue weighted by Crippen LogP contribution is -2.44. The molecule has 0 aliphatic carbocycles. The first-order valence-corrected chi connectivity index (χ1v) is 8.12. The molecule has 1 saturated heterocycles. The summed E-state index contributed by atoms with van der Waals surface area (Å²) in [6.07, 6.45) is -0.0616. The van der Waals surface area contributed by atoms with Crippen molar-refractivity contribution in [1.29, 1.82) is 0 Å². The summed E-state index contributed by atoms with van der Waals surface area (Å²) in [6, 6.07) is 13.0. The lowest BCUT2D eigenvalue weighted by atomic mass is 10.1. The number of rotatable bonds is 2. The molecular weight excluding hydrogens is 274 g/mol.